The summed E-state index contributed by atoms with van der Waals surface area (Å²) in [7, 11) is 3.78. The summed E-state index contributed by atoms with van der Waals surface area (Å²) in [5.41, 5.74) is 2.49. The van der Waals surface area contributed by atoms with Crippen LogP contribution >= 0.6 is 0 Å². The summed E-state index contributed by atoms with van der Waals surface area (Å²) in [5.74, 6) is 1.29. The maximum Gasteiger partial charge on any atom is 0.257 e. The Kier molecular flexibility index (Phi) is 7.14. The summed E-state index contributed by atoms with van der Waals surface area (Å²) < 4.78 is 10.6. The number of amides is 1. The Morgan fingerprint density at radius 2 is 1.61 bits per heavy atom. The molecule has 0 bridgehead atoms. The maximum absolute atomic E-state index is 11.9. The lowest BCUT2D eigenvalue weighted by Crippen LogP contribution is -2.44. The van der Waals surface area contributed by atoms with Gasteiger partial charge in [-0.25, -0.2) is 0 Å². The number of rotatable bonds is 8. The molecule has 3 rings (SSSR count). The number of carbonyl (C=O) groups excluding carboxylic acids is 1. The highest BCUT2D eigenvalue weighted by molar-refractivity contribution is 5.77. The molecule has 1 N–H and O–H groups in total. The Hall–Kier alpha value is -2.73. The molecule has 0 unspecified atom stereocenters. The van der Waals surface area contributed by atoms with Gasteiger partial charge in [-0.1, -0.05) is 12.1 Å². The number of benzene rings is 2. The van der Waals surface area contributed by atoms with Crippen molar-refractivity contribution >= 4 is 11.6 Å². The lowest BCUT2D eigenvalue weighted by Gasteiger charge is -2.34. The molecule has 1 saturated heterocycles. The van der Waals surface area contributed by atoms with Crippen molar-refractivity contribution in [2.75, 3.05) is 58.4 Å². The van der Waals surface area contributed by atoms with Crippen LogP contribution in [-0.4, -0.2) is 64.3 Å². The SMILES string of the molecule is COc1ccc(OCC(=O)NCCc2ccc(N3CCN(C)CC3)cc2)cc1. The molecule has 0 saturated carbocycles. The molecule has 2 aromatic rings. The number of ether oxygens (including phenoxy) is 2. The molecule has 0 atom stereocenters. The number of methoxy groups -OCH3 is 1. The van der Waals surface area contributed by atoms with E-state index in [0.717, 1.165) is 38.3 Å². The van der Waals surface area contributed by atoms with Crippen LogP contribution in [0, 0.1) is 0 Å². The summed E-state index contributed by atoms with van der Waals surface area (Å²) in [4.78, 5) is 16.7. The normalized spacial score (nSPS) is 14.6. The van der Waals surface area contributed by atoms with Crippen LogP contribution in [-0.2, 0) is 11.2 Å². The number of anilines is 1. The number of piperazine rings is 1. The first-order chi connectivity index (χ1) is 13.6. The van der Waals surface area contributed by atoms with E-state index in [1.165, 1.54) is 11.3 Å². The zero-order valence-corrected chi connectivity index (χ0v) is 16.7. The van der Waals surface area contributed by atoms with Crippen LogP contribution in [0.4, 0.5) is 5.69 Å². The molecular formula is C22H29N3O3. The van der Waals surface area contributed by atoms with Crippen LogP contribution in [0.5, 0.6) is 11.5 Å². The molecule has 0 aliphatic carbocycles. The fourth-order valence-corrected chi connectivity index (χ4v) is 3.16. The monoisotopic (exact) mass is 383 g/mol. The third-order valence-electron chi connectivity index (χ3n) is 4.97. The van der Waals surface area contributed by atoms with E-state index >= 15 is 0 Å². The lowest BCUT2D eigenvalue weighted by molar-refractivity contribution is -0.123. The maximum atomic E-state index is 11.9. The average molecular weight is 383 g/mol. The number of hydrogen-bond acceptors (Lipinski definition) is 5. The highest BCUT2D eigenvalue weighted by Gasteiger charge is 2.13. The Balaban J connectivity index is 1.36. The van der Waals surface area contributed by atoms with E-state index in [2.05, 4.69) is 46.4 Å². The van der Waals surface area contributed by atoms with Gasteiger partial charge < -0.3 is 24.6 Å². The molecule has 2 aromatic carbocycles. The van der Waals surface area contributed by atoms with Crippen molar-refractivity contribution in [1.82, 2.24) is 10.2 Å². The van der Waals surface area contributed by atoms with Gasteiger partial charge in [0.25, 0.3) is 5.91 Å². The summed E-state index contributed by atoms with van der Waals surface area (Å²) in [6, 6.07) is 15.8. The van der Waals surface area contributed by atoms with Crippen molar-refractivity contribution < 1.29 is 14.3 Å². The Labute approximate surface area is 167 Å². The van der Waals surface area contributed by atoms with Crippen LogP contribution in [0.25, 0.3) is 0 Å². The number of nitrogens with one attached hydrogen (secondary N) is 1. The van der Waals surface area contributed by atoms with E-state index < -0.39 is 0 Å². The zero-order chi connectivity index (χ0) is 19.8. The second-order valence-electron chi connectivity index (χ2n) is 7.02. The van der Waals surface area contributed by atoms with Crippen molar-refractivity contribution in [3.05, 3.63) is 54.1 Å². The summed E-state index contributed by atoms with van der Waals surface area (Å²) >= 11 is 0. The molecule has 1 amide bonds. The second-order valence-corrected chi connectivity index (χ2v) is 7.02. The fraction of sp³-hybridized carbons (Fsp3) is 0.409. The van der Waals surface area contributed by atoms with Gasteiger partial charge in [-0.05, 0) is 55.4 Å². The predicted molar refractivity (Wildman–Crippen MR) is 111 cm³/mol. The van der Waals surface area contributed by atoms with Gasteiger partial charge in [-0.3, -0.25) is 4.79 Å². The van der Waals surface area contributed by atoms with Gasteiger partial charge in [0.2, 0.25) is 0 Å². The first-order valence-corrected chi connectivity index (χ1v) is 9.70. The highest BCUT2D eigenvalue weighted by Crippen LogP contribution is 2.18. The van der Waals surface area contributed by atoms with E-state index in [9.17, 15) is 4.79 Å². The molecule has 0 aromatic heterocycles. The minimum atomic E-state index is -0.120. The fourth-order valence-electron chi connectivity index (χ4n) is 3.16. The average Bonchev–Trinajstić information content (AvgIpc) is 2.74. The van der Waals surface area contributed by atoms with E-state index in [-0.39, 0.29) is 12.5 Å². The van der Waals surface area contributed by atoms with Gasteiger partial charge in [-0.15, -0.1) is 0 Å². The molecule has 1 fully saturated rings. The second kappa shape index (κ2) is 9.99. The number of carbonyl (C=O) groups is 1. The van der Waals surface area contributed by atoms with Gasteiger partial charge >= 0.3 is 0 Å². The standard InChI is InChI=1S/C22H29N3O3/c1-24-13-15-25(16-14-24)19-5-3-18(4-6-19)11-12-23-22(26)17-28-21-9-7-20(27-2)8-10-21/h3-10H,11-17H2,1-2H3,(H,23,26). The molecule has 6 nitrogen and oxygen atoms in total. The number of likely N-dealkylation sites (N-methyl/N-ethyl adjacent to an activating group) is 1. The van der Waals surface area contributed by atoms with Crippen LogP contribution < -0.4 is 19.7 Å². The molecule has 0 radical (unpaired) electrons. The van der Waals surface area contributed by atoms with Gasteiger partial charge in [0.15, 0.2) is 6.61 Å². The van der Waals surface area contributed by atoms with Gasteiger partial charge in [0, 0.05) is 38.4 Å². The number of nitrogens with zero attached hydrogens (tertiary/aromatic N) is 2. The van der Waals surface area contributed by atoms with Crippen LogP contribution in [0.15, 0.2) is 48.5 Å². The van der Waals surface area contributed by atoms with Crippen LogP contribution in [0.1, 0.15) is 5.56 Å². The Bertz CT molecular complexity index is 739. The van der Waals surface area contributed by atoms with Crippen LogP contribution in [0.2, 0.25) is 0 Å². The molecule has 1 aliphatic heterocycles. The smallest absolute Gasteiger partial charge is 0.257 e. The first-order valence-electron chi connectivity index (χ1n) is 9.70. The van der Waals surface area contributed by atoms with Gasteiger partial charge in [-0.2, -0.15) is 0 Å². The van der Waals surface area contributed by atoms with E-state index in [1.54, 1.807) is 31.4 Å². The summed E-state index contributed by atoms with van der Waals surface area (Å²) in [5, 5.41) is 2.90. The first kappa shape index (κ1) is 20.0. The third-order valence-corrected chi connectivity index (χ3v) is 4.97. The molecule has 150 valence electrons. The molecular weight excluding hydrogens is 354 g/mol. The highest BCUT2D eigenvalue weighted by atomic mass is 16.5. The topological polar surface area (TPSA) is 54.0 Å². The minimum Gasteiger partial charge on any atom is -0.497 e. The Morgan fingerprint density at radius 3 is 2.25 bits per heavy atom. The lowest BCUT2D eigenvalue weighted by atomic mass is 10.1. The molecule has 6 heteroatoms. The summed E-state index contributed by atoms with van der Waals surface area (Å²) in [6.45, 7) is 4.95. The molecule has 1 aliphatic rings. The summed E-state index contributed by atoms with van der Waals surface area (Å²) in [6.07, 6.45) is 0.803. The van der Waals surface area contributed by atoms with Crippen molar-refractivity contribution in [2.45, 2.75) is 6.42 Å². The molecule has 28 heavy (non-hydrogen) atoms. The van der Waals surface area contributed by atoms with Gasteiger partial charge in [0.1, 0.15) is 11.5 Å². The Morgan fingerprint density at radius 1 is 0.964 bits per heavy atom. The largest absolute Gasteiger partial charge is 0.497 e. The van der Waals surface area contributed by atoms with Gasteiger partial charge in [0.05, 0.1) is 7.11 Å². The molecule has 1 heterocycles. The van der Waals surface area contributed by atoms with Crippen molar-refractivity contribution in [3.63, 3.8) is 0 Å². The predicted octanol–water partition coefficient (Wildman–Crippen LogP) is 2.18. The van der Waals surface area contributed by atoms with E-state index in [4.69, 9.17) is 9.47 Å². The van der Waals surface area contributed by atoms with Crippen molar-refractivity contribution in [2.24, 2.45) is 0 Å². The van der Waals surface area contributed by atoms with E-state index in [1.807, 2.05) is 0 Å². The van der Waals surface area contributed by atoms with E-state index in [0.29, 0.717) is 12.3 Å². The minimum absolute atomic E-state index is 0.00860. The number of hydrogen-bond donors (Lipinski definition) is 1. The third kappa shape index (κ3) is 5.89. The van der Waals surface area contributed by atoms with Crippen LogP contribution in [0.3, 0.4) is 0 Å². The van der Waals surface area contributed by atoms with Crippen molar-refractivity contribution in [1.29, 1.82) is 0 Å². The zero-order valence-electron chi connectivity index (χ0n) is 16.7. The quantitative estimate of drug-likeness (QED) is 0.757. The van der Waals surface area contributed by atoms with Crippen molar-refractivity contribution in [3.8, 4) is 11.5 Å². The molecule has 0 spiro atoms.